The molecule has 0 heterocycles. The minimum Gasteiger partial charge on any atom is -0.490 e. The number of rotatable bonds is 9. The molecule has 5 nitrogen and oxygen atoms in total. The summed E-state index contributed by atoms with van der Waals surface area (Å²) in [6.45, 7) is 2.02. The zero-order chi connectivity index (χ0) is 21.6. The van der Waals surface area contributed by atoms with Crippen LogP contribution in [0.15, 0.2) is 48.5 Å². The van der Waals surface area contributed by atoms with Crippen LogP contribution in [-0.2, 0) is 9.59 Å². The predicted molar refractivity (Wildman–Crippen MR) is 117 cm³/mol. The van der Waals surface area contributed by atoms with Gasteiger partial charge in [-0.2, -0.15) is 0 Å². The van der Waals surface area contributed by atoms with Crippen LogP contribution in [0.5, 0.6) is 11.5 Å². The number of halogens is 1. The van der Waals surface area contributed by atoms with Crippen molar-refractivity contribution < 1.29 is 19.1 Å². The molecule has 0 radical (unpaired) electrons. The largest absolute Gasteiger partial charge is 0.490 e. The highest BCUT2D eigenvalue weighted by molar-refractivity contribution is 6.30. The number of hydrogen-bond donors (Lipinski definition) is 1. The van der Waals surface area contributed by atoms with Gasteiger partial charge in [0.15, 0.2) is 6.61 Å². The van der Waals surface area contributed by atoms with Crippen molar-refractivity contribution >= 4 is 23.3 Å². The Morgan fingerprint density at radius 1 is 1.03 bits per heavy atom. The molecule has 0 spiro atoms. The van der Waals surface area contributed by atoms with E-state index in [1.807, 2.05) is 31.2 Å². The van der Waals surface area contributed by atoms with Crippen LogP contribution in [0.2, 0.25) is 5.02 Å². The average molecular weight is 440 g/mol. The Kier molecular flexibility index (Phi) is 4.97. The summed E-state index contributed by atoms with van der Waals surface area (Å²) in [5.74, 6) is 1.66. The van der Waals surface area contributed by atoms with Gasteiger partial charge in [0.1, 0.15) is 23.4 Å². The topological polar surface area (TPSA) is 64.6 Å². The van der Waals surface area contributed by atoms with Gasteiger partial charge in [0.2, 0.25) is 0 Å². The minimum absolute atomic E-state index is 0.0150. The lowest BCUT2D eigenvalue weighted by Crippen LogP contribution is -2.75. The van der Waals surface area contributed by atoms with Gasteiger partial charge < -0.3 is 14.8 Å². The summed E-state index contributed by atoms with van der Waals surface area (Å²) >= 11 is 5.85. The first-order chi connectivity index (χ1) is 14.8. The van der Waals surface area contributed by atoms with Crippen molar-refractivity contribution in [2.24, 2.45) is 11.3 Å². The number of amides is 1. The summed E-state index contributed by atoms with van der Waals surface area (Å²) in [7, 11) is 0. The summed E-state index contributed by atoms with van der Waals surface area (Å²) < 4.78 is 11.4. The van der Waals surface area contributed by atoms with Crippen molar-refractivity contribution in [3.63, 3.8) is 0 Å². The molecule has 2 aromatic rings. The fourth-order valence-electron chi connectivity index (χ4n) is 5.26. The molecule has 1 amide bonds. The van der Waals surface area contributed by atoms with Crippen LogP contribution in [0.4, 0.5) is 0 Å². The molecular formula is C25H26ClNO4. The normalized spacial score (nSPS) is 29.9. The molecule has 0 saturated heterocycles. The molecule has 6 rings (SSSR count). The Morgan fingerprint density at radius 2 is 1.68 bits per heavy atom. The second-order valence-electron chi connectivity index (χ2n) is 9.56. The molecule has 162 valence electrons. The van der Waals surface area contributed by atoms with Crippen molar-refractivity contribution in [2.45, 2.75) is 50.7 Å². The van der Waals surface area contributed by atoms with E-state index in [2.05, 4.69) is 5.32 Å². The van der Waals surface area contributed by atoms with E-state index >= 15 is 0 Å². The lowest BCUT2D eigenvalue weighted by molar-refractivity contribution is -0.173. The number of ether oxygens (including phenoxy) is 2. The fraction of sp³-hybridized carbons (Fsp3) is 0.440. The van der Waals surface area contributed by atoms with Crippen molar-refractivity contribution in [3.8, 4) is 11.5 Å². The molecular weight excluding hydrogens is 414 g/mol. The third kappa shape index (κ3) is 4.29. The average Bonchev–Trinajstić information content (AvgIpc) is 3.46. The number of carbonyl (C=O) groups is 2. The third-order valence-electron chi connectivity index (χ3n) is 6.73. The van der Waals surface area contributed by atoms with Crippen molar-refractivity contribution in [1.29, 1.82) is 0 Å². The lowest BCUT2D eigenvalue weighted by Gasteiger charge is -2.70. The van der Waals surface area contributed by atoms with E-state index < -0.39 is 0 Å². The number of benzene rings is 2. The molecule has 2 unspecified atom stereocenters. The van der Waals surface area contributed by atoms with Gasteiger partial charge in [-0.15, -0.1) is 0 Å². The van der Waals surface area contributed by atoms with Gasteiger partial charge in [0.05, 0.1) is 5.92 Å². The Bertz CT molecular complexity index is 981. The maximum Gasteiger partial charge on any atom is 0.258 e. The first-order valence-corrected chi connectivity index (χ1v) is 11.2. The van der Waals surface area contributed by atoms with E-state index in [0.29, 0.717) is 23.0 Å². The van der Waals surface area contributed by atoms with E-state index in [9.17, 15) is 9.59 Å². The second-order valence-corrected chi connectivity index (χ2v) is 9.99. The van der Waals surface area contributed by atoms with E-state index in [4.69, 9.17) is 21.1 Å². The summed E-state index contributed by atoms with van der Waals surface area (Å²) in [6, 6.07) is 14.9. The van der Waals surface area contributed by atoms with Gasteiger partial charge in [-0.05, 0) is 74.4 Å². The number of Topliss-reactive ketones (excluding diaryl/α,β-unsaturated/α-hetero) is 1. The molecule has 0 aromatic heterocycles. The van der Waals surface area contributed by atoms with Crippen LogP contribution in [0.1, 0.15) is 37.7 Å². The zero-order valence-corrected chi connectivity index (χ0v) is 18.3. The Labute approximate surface area is 187 Å². The molecule has 4 fully saturated rings. The third-order valence-corrected chi connectivity index (χ3v) is 6.98. The first-order valence-electron chi connectivity index (χ1n) is 10.8. The van der Waals surface area contributed by atoms with Crippen LogP contribution < -0.4 is 14.8 Å². The summed E-state index contributed by atoms with van der Waals surface area (Å²) in [5.41, 5.74) is 1.14. The highest BCUT2D eigenvalue weighted by Crippen LogP contribution is 2.69. The fourth-order valence-corrected chi connectivity index (χ4v) is 5.39. The Morgan fingerprint density at radius 3 is 2.35 bits per heavy atom. The van der Waals surface area contributed by atoms with Crippen molar-refractivity contribution in [3.05, 3.63) is 59.1 Å². The molecule has 4 aliphatic carbocycles. The number of aryl methyl sites for hydroxylation is 1. The summed E-state index contributed by atoms with van der Waals surface area (Å²) in [4.78, 5) is 25.0. The number of ketones is 1. The van der Waals surface area contributed by atoms with Gasteiger partial charge in [0.25, 0.3) is 5.91 Å². The lowest BCUT2D eigenvalue weighted by atomic mass is 9.38. The molecule has 2 aromatic carbocycles. The van der Waals surface area contributed by atoms with E-state index in [-0.39, 0.29) is 35.5 Å². The smallest absolute Gasteiger partial charge is 0.258 e. The summed E-state index contributed by atoms with van der Waals surface area (Å²) in [5, 5.41) is 3.73. The molecule has 1 N–H and O–H groups in total. The zero-order valence-electron chi connectivity index (χ0n) is 17.5. The van der Waals surface area contributed by atoms with Gasteiger partial charge in [0, 0.05) is 17.0 Å². The first kappa shape index (κ1) is 20.4. The molecule has 0 aliphatic heterocycles. The van der Waals surface area contributed by atoms with E-state index in [0.717, 1.165) is 31.4 Å². The SMILES string of the molecule is Cc1ccc(OC2CC2C(=O)CC23CC(NC(=O)COc4ccc(Cl)cc4)(C2)C3)cc1. The van der Waals surface area contributed by atoms with Crippen LogP contribution in [0, 0.1) is 18.3 Å². The van der Waals surface area contributed by atoms with Crippen LogP contribution >= 0.6 is 11.6 Å². The predicted octanol–water partition coefficient (Wildman–Crippen LogP) is 4.49. The Balaban J connectivity index is 1.03. The van der Waals surface area contributed by atoms with E-state index in [1.54, 1.807) is 24.3 Å². The molecule has 31 heavy (non-hydrogen) atoms. The van der Waals surface area contributed by atoms with Gasteiger partial charge in [-0.25, -0.2) is 0 Å². The minimum atomic E-state index is -0.137. The number of carbonyl (C=O) groups excluding carboxylic acids is 2. The number of nitrogens with one attached hydrogen (secondary N) is 1. The number of hydrogen-bond acceptors (Lipinski definition) is 4. The standard InChI is InChI=1S/C25H26ClNO4/c1-16-2-6-19(7-3-16)31-22-10-20(22)21(28)11-24-13-25(14-24,15-24)27-23(29)12-30-18-8-4-17(26)5-9-18/h2-9,20,22H,10-15H2,1H3,(H,27,29). The van der Waals surface area contributed by atoms with Gasteiger partial charge >= 0.3 is 0 Å². The monoisotopic (exact) mass is 439 g/mol. The maximum absolute atomic E-state index is 12.7. The van der Waals surface area contributed by atoms with Gasteiger partial charge in [-0.3, -0.25) is 9.59 Å². The molecule has 6 heteroatoms. The highest BCUT2D eigenvalue weighted by atomic mass is 35.5. The van der Waals surface area contributed by atoms with Crippen LogP contribution in [0.25, 0.3) is 0 Å². The highest BCUT2D eigenvalue weighted by Gasteiger charge is 2.69. The van der Waals surface area contributed by atoms with Crippen molar-refractivity contribution in [1.82, 2.24) is 5.32 Å². The molecule has 2 atom stereocenters. The summed E-state index contributed by atoms with van der Waals surface area (Å²) in [6.07, 6.45) is 4.08. The molecule has 2 bridgehead atoms. The van der Waals surface area contributed by atoms with Gasteiger partial charge in [-0.1, -0.05) is 29.3 Å². The second kappa shape index (κ2) is 7.56. The van der Waals surface area contributed by atoms with Crippen molar-refractivity contribution in [2.75, 3.05) is 6.61 Å². The van der Waals surface area contributed by atoms with Crippen LogP contribution in [-0.4, -0.2) is 29.9 Å². The van der Waals surface area contributed by atoms with E-state index in [1.165, 1.54) is 5.56 Å². The molecule has 4 aliphatic rings. The quantitative estimate of drug-likeness (QED) is 0.625. The maximum atomic E-state index is 12.7. The van der Waals surface area contributed by atoms with Crippen LogP contribution in [0.3, 0.4) is 0 Å². The molecule has 4 saturated carbocycles. The Hall–Kier alpha value is -2.53.